The van der Waals surface area contributed by atoms with Crippen LogP contribution in [0.15, 0.2) is 0 Å². The van der Waals surface area contributed by atoms with Crippen LogP contribution in [-0.2, 0) is 9.53 Å². The van der Waals surface area contributed by atoms with Crippen LogP contribution in [0.3, 0.4) is 0 Å². The fourth-order valence-electron chi connectivity index (χ4n) is 3.45. The SMILES string of the molecule is C.CCCCC.CCCCCCCCCCCCCCCCCC(C)=O.COCCC(C)(C)O. The van der Waals surface area contributed by atoms with Crippen molar-refractivity contribution in [1.29, 1.82) is 0 Å². The molecule has 34 heavy (non-hydrogen) atoms. The first kappa shape index (κ1) is 40.7. The van der Waals surface area contributed by atoms with Gasteiger partial charge in [-0.1, -0.05) is 137 Å². The number of ether oxygens (including phenoxy) is 1. The molecular weight excluding hydrogens is 420 g/mol. The predicted octanol–water partition coefficient (Wildman–Crippen LogP) is 10.5. The van der Waals surface area contributed by atoms with Crippen molar-refractivity contribution in [3.8, 4) is 0 Å². The Morgan fingerprint density at radius 2 is 0.971 bits per heavy atom. The first-order chi connectivity index (χ1) is 15.7. The topological polar surface area (TPSA) is 46.5 Å². The minimum Gasteiger partial charge on any atom is -0.390 e. The summed E-state index contributed by atoms with van der Waals surface area (Å²) in [7, 11) is 1.63. The highest BCUT2D eigenvalue weighted by Gasteiger charge is 2.10. The number of carbonyl (C=O) groups excluding carboxylic acids is 1. The van der Waals surface area contributed by atoms with Crippen molar-refractivity contribution in [1.82, 2.24) is 0 Å². The molecule has 0 aliphatic carbocycles. The summed E-state index contributed by atoms with van der Waals surface area (Å²) in [6, 6.07) is 0. The van der Waals surface area contributed by atoms with Crippen LogP contribution in [0.5, 0.6) is 0 Å². The van der Waals surface area contributed by atoms with Crippen molar-refractivity contribution in [2.24, 2.45) is 0 Å². The van der Waals surface area contributed by atoms with Gasteiger partial charge in [0.25, 0.3) is 0 Å². The normalized spacial score (nSPS) is 10.5. The average molecular weight is 489 g/mol. The lowest BCUT2D eigenvalue weighted by Crippen LogP contribution is -2.20. The van der Waals surface area contributed by atoms with Crippen LogP contribution in [0, 0.1) is 0 Å². The van der Waals surface area contributed by atoms with Crippen molar-refractivity contribution in [3.05, 3.63) is 0 Å². The van der Waals surface area contributed by atoms with Gasteiger partial charge in [0.05, 0.1) is 5.60 Å². The first-order valence-electron chi connectivity index (χ1n) is 14.5. The van der Waals surface area contributed by atoms with Gasteiger partial charge in [0, 0.05) is 20.1 Å². The molecule has 0 aliphatic rings. The number of ketones is 1. The van der Waals surface area contributed by atoms with E-state index in [1.54, 1.807) is 27.9 Å². The molecule has 0 rings (SSSR count). The van der Waals surface area contributed by atoms with Crippen LogP contribution >= 0.6 is 0 Å². The molecule has 0 aromatic rings. The summed E-state index contributed by atoms with van der Waals surface area (Å²) in [5.41, 5.74) is -0.573. The fraction of sp³-hybridized carbons (Fsp3) is 0.968. The van der Waals surface area contributed by atoms with E-state index in [4.69, 9.17) is 9.84 Å². The van der Waals surface area contributed by atoms with Crippen molar-refractivity contribution in [3.63, 3.8) is 0 Å². The Morgan fingerprint density at radius 3 is 1.18 bits per heavy atom. The Bertz CT molecular complexity index is 345. The van der Waals surface area contributed by atoms with E-state index in [-0.39, 0.29) is 7.43 Å². The summed E-state index contributed by atoms with van der Waals surface area (Å²) in [6.45, 7) is 12.6. The van der Waals surface area contributed by atoms with Crippen LogP contribution in [0.2, 0.25) is 0 Å². The van der Waals surface area contributed by atoms with Crippen molar-refractivity contribution < 1.29 is 14.6 Å². The van der Waals surface area contributed by atoms with E-state index in [9.17, 15) is 4.79 Å². The molecule has 1 N–H and O–H groups in total. The third kappa shape index (κ3) is 53.1. The Balaban J connectivity index is -0.000000265. The molecule has 0 unspecified atom stereocenters. The quantitative estimate of drug-likeness (QED) is 0.163. The second kappa shape index (κ2) is 34.8. The van der Waals surface area contributed by atoms with Crippen LogP contribution in [0.1, 0.15) is 177 Å². The Morgan fingerprint density at radius 1 is 0.647 bits per heavy atom. The summed E-state index contributed by atoms with van der Waals surface area (Å²) < 4.78 is 4.76. The number of carbonyl (C=O) groups is 1. The molecule has 0 heterocycles. The van der Waals surface area contributed by atoms with Gasteiger partial charge < -0.3 is 14.6 Å². The maximum absolute atomic E-state index is 10.8. The molecule has 3 nitrogen and oxygen atoms in total. The molecule has 0 atom stereocenters. The Hall–Kier alpha value is -0.410. The molecule has 0 bridgehead atoms. The summed E-state index contributed by atoms with van der Waals surface area (Å²) in [5, 5.41) is 9.07. The zero-order valence-electron chi connectivity index (χ0n) is 24.1. The molecule has 0 aromatic heterocycles. The van der Waals surface area contributed by atoms with E-state index in [1.165, 1.54) is 109 Å². The molecule has 0 amide bonds. The summed E-state index contributed by atoms with van der Waals surface area (Å²) in [4.78, 5) is 10.8. The molecule has 0 spiro atoms. The van der Waals surface area contributed by atoms with Gasteiger partial charge in [-0.15, -0.1) is 0 Å². The van der Waals surface area contributed by atoms with Crippen LogP contribution in [0.25, 0.3) is 0 Å². The number of rotatable bonds is 21. The molecule has 0 saturated carbocycles. The second-order valence-electron chi connectivity index (χ2n) is 10.3. The lowest BCUT2D eigenvalue weighted by atomic mass is 10.0. The zero-order valence-corrected chi connectivity index (χ0v) is 24.1. The van der Waals surface area contributed by atoms with E-state index in [0.717, 1.165) is 12.8 Å². The lowest BCUT2D eigenvalue weighted by Gasteiger charge is -2.15. The molecule has 0 fully saturated rings. The van der Waals surface area contributed by atoms with Gasteiger partial charge >= 0.3 is 0 Å². The van der Waals surface area contributed by atoms with E-state index < -0.39 is 5.60 Å². The molecule has 3 heteroatoms. The van der Waals surface area contributed by atoms with Crippen LogP contribution in [0.4, 0.5) is 0 Å². The number of hydrogen-bond donors (Lipinski definition) is 1. The number of methoxy groups -OCH3 is 1. The highest BCUT2D eigenvalue weighted by atomic mass is 16.5. The van der Waals surface area contributed by atoms with Crippen LogP contribution < -0.4 is 0 Å². The van der Waals surface area contributed by atoms with Gasteiger partial charge in [-0.2, -0.15) is 0 Å². The molecule has 0 aromatic carbocycles. The summed E-state index contributed by atoms with van der Waals surface area (Å²) in [5.74, 6) is 0.347. The third-order valence-corrected chi connectivity index (χ3v) is 5.76. The maximum Gasteiger partial charge on any atom is 0.129 e. The standard InChI is InChI=1S/C19H38O.C6H14O2.C5H12.CH4/c1-3-4-5-6-7-8-9-10-11-12-13-14-15-16-17-18-19(2)20;1-6(2,7)4-5-8-3;1-3-5-4-2;/h3-18H2,1-2H3;7H,4-5H2,1-3H3;3-5H2,1-2H3;1H4. The van der Waals surface area contributed by atoms with E-state index in [0.29, 0.717) is 18.8 Å². The fourth-order valence-corrected chi connectivity index (χ4v) is 3.45. The molecule has 0 radical (unpaired) electrons. The highest BCUT2D eigenvalue weighted by Crippen LogP contribution is 2.13. The first-order valence-corrected chi connectivity index (χ1v) is 14.5. The molecule has 210 valence electrons. The second-order valence-corrected chi connectivity index (χ2v) is 10.3. The van der Waals surface area contributed by atoms with Gasteiger partial charge in [-0.05, 0) is 33.6 Å². The van der Waals surface area contributed by atoms with Crippen molar-refractivity contribution in [2.45, 2.75) is 183 Å². The summed E-state index contributed by atoms with van der Waals surface area (Å²) >= 11 is 0. The lowest BCUT2D eigenvalue weighted by molar-refractivity contribution is -0.117. The number of Topliss-reactive ketones (excluding diaryl/α,β-unsaturated/α-hetero) is 1. The largest absolute Gasteiger partial charge is 0.390 e. The highest BCUT2D eigenvalue weighted by molar-refractivity contribution is 5.75. The number of aliphatic hydroxyl groups is 1. The zero-order chi connectivity index (χ0) is 25.6. The number of hydrogen-bond acceptors (Lipinski definition) is 3. The Kier molecular flexibility index (Phi) is 41.7. The minimum atomic E-state index is -0.573. The molecule has 0 saturated heterocycles. The maximum atomic E-state index is 10.8. The van der Waals surface area contributed by atoms with E-state index in [1.807, 2.05) is 0 Å². The molecular formula is C31H68O3. The van der Waals surface area contributed by atoms with Gasteiger partial charge in [0.2, 0.25) is 0 Å². The monoisotopic (exact) mass is 489 g/mol. The average Bonchev–Trinajstić information content (AvgIpc) is 2.76. The van der Waals surface area contributed by atoms with Gasteiger partial charge in [0.15, 0.2) is 0 Å². The van der Waals surface area contributed by atoms with Gasteiger partial charge in [-0.3, -0.25) is 0 Å². The van der Waals surface area contributed by atoms with Crippen LogP contribution in [-0.4, -0.2) is 30.2 Å². The predicted molar refractivity (Wildman–Crippen MR) is 155 cm³/mol. The molecule has 0 aliphatic heterocycles. The van der Waals surface area contributed by atoms with Crippen molar-refractivity contribution in [2.75, 3.05) is 13.7 Å². The number of unbranched alkanes of at least 4 members (excludes halogenated alkanes) is 16. The van der Waals surface area contributed by atoms with Crippen molar-refractivity contribution >= 4 is 5.78 Å². The van der Waals surface area contributed by atoms with Gasteiger partial charge in [-0.25, -0.2) is 0 Å². The Labute approximate surface area is 217 Å². The minimum absolute atomic E-state index is 0. The summed E-state index contributed by atoms with van der Waals surface area (Å²) in [6.07, 6.45) is 26.3. The smallest absolute Gasteiger partial charge is 0.129 e. The third-order valence-electron chi connectivity index (χ3n) is 5.76. The van der Waals surface area contributed by atoms with E-state index >= 15 is 0 Å². The van der Waals surface area contributed by atoms with Gasteiger partial charge in [0.1, 0.15) is 5.78 Å². The van der Waals surface area contributed by atoms with E-state index in [2.05, 4.69) is 20.8 Å².